The predicted molar refractivity (Wildman–Crippen MR) is 221 cm³/mol. The molecule has 283 valence electrons. The van der Waals surface area contributed by atoms with E-state index in [-0.39, 0.29) is 43.5 Å². The summed E-state index contributed by atoms with van der Waals surface area (Å²) < 4.78 is 1.26. The first-order valence-corrected chi connectivity index (χ1v) is 20.7. The minimum Gasteiger partial charge on any atom is -0.303 e. The number of Topliss-reactive ketones (excluding diaryl/α,β-unsaturated/α-hetero) is 2. The van der Waals surface area contributed by atoms with Gasteiger partial charge in [0.15, 0.2) is 0 Å². The zero-order valence-electron chi connectivity index (χ0n) is 32.4. The van der Waals surface area contributed by atoms with E-state index in [9.17, 15) is 9.59 Å². The number of nitrogens with zero attached hydrogens (tertiary/aromatic N) is 1. The number of unbranched alkanes of at least 4 members (excludes halogenated alkanes) is 10. The van der Waals surface area contributed by atoms with Crippen molar-refractivity contribution in [3.8, 4) is 21.7 Å². The van der Waals surface area contributed by atoms with Crippen molar-refractivity contribution in [1.29, 1.82) is 0 Å². The van der Waals surface area contributed by atoms with Crippen molar-refractivity contribution in [1.82, 2.24) is 4.98 Å². The van der Waals surface area contributed by atoms with Crippen molar-refractivity contribution in [3.63, 3.8) is 0 Å². The number of carbonyl (C=O) groups is 2. The van der Waals surface area contributed by atoms with E-state index in [0.29, 0.717) is 6.42 Å². The van der Waals surface area contributed by atoms with Crippen LogP contribution in [-0.2, 0) is 35.1 Å². The van der Waals surface area contributed by atoms with Gasteiger partial charge in [0.25, 0.3) is 0 Å². The molecule has 0 N–H and O–H groups in total. The molecule has 0 aliphatic heterocycles. The molecule has 0 unspecified atom stereocenters. The third-order valence-corrected chi connectivity index (χ3v) is 11.7. The number of benzene rings is 3. The Hall–Kier alpha value is -3.24. The number of fused-ring (bicyclic) bond motifs is 4. The number of thiophene rings is 1. The zero-order valence-corrected chi connectivity index (χ0v) is 35.6. The molecule has 0 fully saturated rings. The first-order valence-electron chi connectivity index (χ1n) is 19.9. The quantitative estimate of drug-likeness (QED) is 0.0471. The molecule has 5 aromatic rings. The summed E-state index contributed by atoms with van der Waals surface area (Å²) in [6, 6.07) is 31.9. The SMILES string of the molecule is CCCCCCC1(CCCCCCCCCCC(=O)CC(C)=O)c2cc(C)ccc2-c2ccc(C)cc21.[Ir].[c-]1c(-c2ccccn2)sc2ccccc12. The molecular formula is C48H58IrNO2S-. The molecule has 0 atom stereocenters. The number of hydrogen-bond donors (Lipinski definition) is 0. The van der Waals surface area contributed by atoms with Crippen LogP contribution in [0.4, 0.5) is 0 Å². The van der Waals surface area contributed by atoms with Crippen LogP contribution in [0, 0.1) is 19.9 Å². The van der Waals surface area contributed by atoms with E-state index in [4.69, 9.17) is 0 Å². The summed E-state index contributed by atoms with van der Waals surface area (Å²) in [5.41, 5.74) is 10.0. The molecule has 53 heavy (non-hydrogen) atoms. The van der Waals surface area contributed by atoms with Crippen LogP contribution < -0.4 is 0 Å². The van der Waals surface area contributed by atoms with Crippen molar-refractivity contribution in [2.24, 2.45) is 0 Å². The second-order valence-corrected chi connectivity index (χ2v) is 16.1. The summed E-state index contributed by atoms with van der Waals surface area (Å²) in [6.07, 6.45) is 20.0. The number of ketones is 2. The van der Waals surface area contributed by atoms with Crippen molar-refractivity contribution >= 4 is 33.0 Å². The first kappa shape index (κ1) is 42.5. The Balaban J connectivity index is 0.000000323. The van der Waals surface area contributed by atoms with Gasteiger partial charge in [-0.15, -0.1) is 23.6 Å². The normalized spacial score (nSPS) is 12.4. The Morgan fingerprint density at radius 1 is 0.698 bits per heavy atom. The Labute approximate surface area is 336 Å². The average molecular weight is 905 g/mol. The number of aromatic nitrogens is 1. The second-order valence-electron chi connectivity index (χ2n) is 15.0. The number of carbonyl (C=O) groups excluding carboxylic acids is 2. The maximum atomic E-state index is 11.7. The van der Waals surface area contributed by atoms with Crippen LogP contribution in [0.1, 0.15) is 139 Å². The van der Waals surface area contributed by atoms with E-state index in [0.717, 1.165) is 23.4 Å². The summed E-state index contributed by atoms with van der Waals surface area (Å²) in [5.74, 6) is 0.0964. The maximum absolute atomic E-state index is 11.7. The van der Waals surface area contributed by atoms with Gasteiger partial charge >= 0.3 is 0 Å². The van der Waals surface area contributed by atoms with Crippen molar-refractivity contribution in [2.45, 2.75) is 136 Å². The third kappa shape index (κ3) is 11.9. The monoisotopic (exact) mass is 905 g/mol. The molecule has 0 spiro atoms. The molecule has 6 rings (SSSR count). The Bertz CT molecular complexity index is 1810. The Kier molecular flexibility index (Phi) is 17.3. The zero-order chi connectivity index (χ0) is 36.8. The fraction of sp³-hybridized carbons (Fsp3) is 0.438. The minimum absolute atomic E-state index is 0. The summed E-state index contributed by atoms with van der Waals surface area (Å²) in [4.78, 5) is 28.1. The van der Waals surface area contributed by atoms with Gasteiger partial charge in [0, 0.05) is 43.8 Å². The van der Waals surface area contributed by atoms with E-state index >= 15 is 0 Å². The molecule has 1 radical (unpaired) electrons. The van der Waals surface area contributed by atoms with Gasteiger partial charge in [0.2, 0.25) is 0 Å². The van der Waals surface area contributed by atoms with Gasteiger partial charge in [-0.3, -0.25) is 9.59 Å². The van der Waals surface area contributed by atoms with Crippen LogP contribution in [0.2, 0.25) is 0 Å². The van der Waals surface area contributed by atoms with Crippen LogP contribution in [0.15, 0.2) is 85.1 Å². The maximum Gasteiger partial charge on any atom is 0.140 e. The van der Waals surface area contributed by atoms with Gasteiger partial charge < -0.3 is 4.98 Å². The molecule has 0 saturated heterocycles. The topological polar surface area (TPSA) is 47.0 Å². The smallest absolute Gasteiger partial charge is 0.140 e. The van der Waals surface area contributed by atoms with Crippen LogP contribution in [0.25, 0.3) is 31.8 Å². The van der Waals surface area contributed by atoms with Crippen molar-refractivity contribution < 1.29 is 29.7 Å². The van der Waals surface area contributed by atoms with Gasteiger partial charge in [-0.05, 0) is 77.9 Å². The van der Waals surface area contributed by atoms with E-state index in [1.54, 1.807) is 22.5 Å². The molecule has 0 amide bonds. The fourth-order valence-corrected chi connectivity index (χ4v) is 8.93. The molecule has 3 aromatic carbocycles. The van der Waals surface area contributed by atoms with Gasteiger partial charge in [0.1, 0.15) is 11.6 Å². The van der Waals surface area contributed by atoms with Crippen LogP contribution in [-0.4, -0.2) is 16.6 Å². The van der Waals surface area contributed by atoms with E-state index in [2.05, 4.69) is 86.4 Å². The van der Waals surface area contributed by atoms with Gasteiger partial charge in [-0.25, -0.2) is 11.3 Å². The molecule has 5 heteroatoms. The van der Waals surface area contributed by atoms with Gasteiger partial charge in [-0.2, -0.15) is 0 Å². The largest absolute Gasteiger partial charge is 0.303 e. The summed E-state index contributed by atoms with van der Waals surface area (Å²) in [6.45, 7) is 8.29. The van der Waals surface area contributed by atoms with Crippen LogP contribution >= 0.6 is 11.3 Å². The standard InChI is InChI=1S/C35H50O2.C13H8NS.Ir/c1-5-6-7-15-22-35(23-16-13-11-9-8-10-12-14-17-30(37)26-29(4)36)33-24-27(2)18-20-31(33)32-21-19-28(3)25-34(32)35;1-2-7-12-10(5-1)9-13(15-12)11-6-3-4-8-14-11;/h18-21,24-25H,5-17,22-23,26H2,1-4H3;1-8H;/q;-1;. The Morgan fingerprint density at radius 3 is 1.83 bits per heavy atom. The van der Waals surface area contributed by atoms with Crippen molar-refractivity contribution in [3.05, 3.63) is 113 Å². The van der Waals surface area contributed by atoms with E-state index in [1.165, 1.54) is 116 Å². The average Bonchev–Trinajstić information content (AvgIpc) is 3.68. The summed E-state index contributed by atoms with van der Waals surface area (Å²) in [5, 5.41) is 1.17. The first-order chi connectivity index (χ1) is 25.3. The molecule has 1 aliphatic rings. The second kappa shape index (κ2) is 21.6. The third-order valence-electron chi connectivity index (χ3n) is 10.6. The van der Waals surface area contributed by atoms with Gasteiger partial charge in [0.05, 0.1) is 6.42 Å². The molecule has 1 aliphatic carbocycles. The molecule has 0 saturated carbocycles. The number of pyridine rings is 1. The van der Waals surface area contributed by atoms with Crippen LogP contribution in [0.5, 0.6) is 0 Å². The fourth-order valence-electron chi connectivity index (χ4n) is 7.95. The predicted octanol–water partition coefficient (Wildman–Crippen LogP) is 13.8. The number of aryl methyl sites for hydroxylation is 2. The van der Waals surface area contributed by atoms with Crippen molar-refractivity contribution in [2.75, 3.05) is 0 Å². The number of rotatable bonds is 19. The van der Waals surface area contributed by atoms with E-state index in [1.807, 2.05) is 30.5 Å². The Morgan fingerprint density at radius 2 is 1.26 bits per heavy atom. The minimum atomic E-state index is -0.0115. The molecule has 0 bridgehead atoms. The molecule has 2 heterocycles. The summed E-state index contributed by atoms with van der Waals surface area (Å²) >= 11 is 1.73. The number of hydrogen-bond acceptors (Lipinski definition) is 4. The van der Waals surface area contributed by atoms with Crippen LogP contribution in [0.3, 0.4) is 0 Å². The molecule has 3 nitrogen and oxygen atoms in total. The molecule has 2 aromatic heterocycles. The van der Waals surface area contributed by atoms with E-state index < -0.39 is 0 Å². The van der Waals surface area contributed by atoms with Gasteiger partial charge in [-0.1, -0.05) is 149 Å². The molecular weight excluding hydrogens is 847 g/mol. The summed E-state index contributed by atoms with van der Waals surface area (Å²) in [7, 11) is 0.